The Morgan fingerprint density at radius 3 is 2.17 bits per heavy atom. The number of nitrogens with one attached hydrogen (secondary N) is 1. The maximum absolute atomic E-state index is 13.7. The number of allylic oxidation sites excluding steroid dienone is 1. The summed E-state index contributed by atoms with van der Waals surface area (Å²) in [5.41, 5.74) is 1.63. The van der Waals surface area contributed by atoms with Crippen LogP contribution in [0, 0.1) is 11.6 Å². The second-order valence-electron chi connectivity index (χ2n) is 5.97. The van der Waals surface area contributed by atoms with E-state index in [9.17, 15) is 17.8 Å². The van der Waals surface area contributed by atoms with E-state index in [2.05, 4.69) is 4.72 Å². The average Bonchev–Trinajstić information content (AvgIpc) is 2.73. The van der Waals surface area contributed by atoms with E-state index in [-0.39, 0.29) is 5.78 Å². The number of benzene rings is 3. The quantitative estimate of drug-likeness (QED) is 0.438. The first-order chi connectivity index (χ1) is 14.0. The molecule has 29 heavy (non-hydrogen) atoms. The van der Waals surface area contributed by atoms with Crippen LogP contribution in [0.25, 0.3) is 6.08 Å². The molecule has 0 aliphatic heterocycles. The van der Waals surface area contributed by atoms with Gasteiger partial charge in [-0.1, -0.05) is 24.3 Å². The second kappa shape index (κ2) is 9.25. The monoisotopic (exact) mass is 413 g/mol. The van der Waals surface area contributed by atoms with Gasteiger partial charge in [0, 0.05) is 11.3 Å². The number of anilines is 1. The summed E-state index contributed by atoms with van der Waals surface area (Å²) in [6.45, 7) is 0. The van der Waals surface area contributed by atoms with E-state index in [1.807, 2.05) is 12.1 Å². The Kier molecular flexibility index (Phi) is 6.51. The van der Waals surface area contributed by atoms with Crippen LogP contribution in [0.3, 0.4) is 0 Å². The van der Waals surface area contributed by atoms with Crippen LogP contribution in [-0.2, 0) is 11.0 Å². The number of hydrogen-bond acceptors (Lipinski definition) is 3. The van der Waals surface area contributed by atoms with E-state index >= 15 is 0 Å². The molecule has 0 radical (unpaired) electrons. The molecule has 4 nitrogen and oxygen atoms in total. The highest BCUT2D eigenvalue weighted by Crippen LogP contribution is 2.20. The molecule has 0 aromatic heterocycles. The zero-order valence-electron chi connectivity index (χ0n) is 15.4. The minimum atomic E-state index is -2.12. The van der Waals surface area contributed by atoms with Crippen LogP contribution in [0.15, 0.2) is 77.7 Å². The molecular weight excluding hydrogens is 396 g/mol. The summed E-state index contributed by atoms with van der Waals surface area (Å²) in [5, 5.41) is 0. The molecule has 0 saturated heterocycles. The molecule has 3 aromatic carbocycles. The van der Waals surface area contributed by atoms with E-state index in [0.717, 1.165) is 23.4 Å². The van der Waals surface area contributed by atoms with Crippen molar-refractivity contribution in [1.29, 1.82) is 0 Å². The van der Waals surface area contributed by atoms with Gasteiger partial charge in [-0.25, -0.2) is 13.0 Å². The van der Waals surface area contributed by atoms with Crippen LogP contribution in [-0.4, -0.2) is 17.1 Å². The first-order valence-corrected chi connectivity index (χ1v) is 9.72. The third kappa shape index (κ3) is 5.14. The Hall–Kier alpha value is -3.32. The zero-order valence-corrected chi connectivity index (χ0v) is 16.2. The van der Waals surface area contributed by atoms with Crippen LogP contribution < -0.4 is 9.46 Å². The molecule has 0 fully saturated rings. The predicted octanol–water partition coefficient (Wildman–Crippen LogP) is 5.00. The van der Waals surface area contributed by atoms with Crippen LogP contribution in [0.4, 0.5) is 14.5 Å². The smallest absolute Gasteiger partial charge is 0.185 e. The molecule has 0 spiro atoms. The molecule has 3 aromatic rings. The SMILES string of the molecule is COc1ccc(/C=C/C(=O)c2ccc(NS(=O)c3c(F)cccc3F)cc2)cc1. The van der Waals surface area contributed by atoms with Crippen molar-refractivity contribution in [3.8, 4) is 5.75 Å². The van der Waals surface area contributed by atoms with Crippen molar-refractivity contribution in [2.45, 2.75) is 4.90 Å². The Morgan fingerprint density at radius 1 is 0.966 bits per heavy atom. The highest BCUT2D eigenvalue weighted by molar-refractivity contribution is 7.86. The molecule has 1 atom stereocenters. The molecule has 1 unspecified atom stereocenters. The van der Waals surface area contributed by atoms with Crippen molar-refractivity contribution in [3.05, 3.63) is 95.6 Å². The molecule has 148 valence electrons. The second-order valence-corrected chi connectivity index (χ2v) is 7.12. The Bertz CT molecular complexity index is 1040. The van der Waals surface area contributed by atoms with Crippen molar-refractivity contribution in [1.82, 2.24) is 0 Å². The summed E-state index contributed by atoms with van der Waals surface area (Å²) >= 11 is 0. The highest BCUT2D eigenvalue weighted by Gasteiger charge is 2.16. The minimum Gasteiger partial charge on any atom is -0.497 e. The lowest BCUT2D eigenvalue weighted by Gasteiger charge is -2.08. The molecule has 0 heterocycles. The molecular formula is C22H17F2NO3S. The summed E-state index contributed by atoms with van der Waals surface area (Å²) < 4.78 is 47.2. The molecule has 0 saturated carbocycles. The normalized spacial score (nSPS) is 12.0. The van der Waals surface area contributed by atoms with Gasteiger partial charge < -0.3 is 9.46 Å². The minimum absolute atomic E-state index is 0.214. The summed E-state index contributed by atoms with van der Waals surface area (Å²) in [7, 11) is -0.537. The maximum atomic E-state index is 13.7. The van der Waals surface area contributed by atoms with Gasteiger partial charge in [0.15, 0.2) is 16.8 Å². The number of hydrogen-bond donors (Lipinski definition) is 1. The summed E-state index contributed by atoms with van der Waals surface area (Å²) in [6, 6.07) is 16.6. The van der Waals surface area contributed by atoms with E-state index in [1.54, 1.807) is 25.3 Å². The van der Waals surface area contributed by atoms with Gasteiger partial charge >= 0.3 is 0 Å². The fourth-order valence-electron chi connectivity index (χ4n) is 2.50. The predicted molar refractivity (Wildman–Crippen MR) is 109 cm³/mol. The largest absolute Gasteiger partial charge is 0.497 e. The van der Waals surface area contributed by atoms with Crippen molar-refractivity contribution >= 4 is 28.5 Å². The van der Waals surface area contributed by atoms with Gasteiger partial charge in [-0.05, 0) is 60.2 Å². The average molecular weight is 413 g/mol. The number of methoxy groups -OCH3 is 1. The summed E-state index contributed by atoms with van der Waals surface area (Å²) in [6.07, 6.45) is 3.13. The molecule has 1 N–H and O–H groups in total. The number of rotatable bonds is 7. The van der Waals surface area contributed by atoms with Crippen LogP contribution in [0.1, 0.15) is 15.9 Å². The molecule has 0 amide bonds. The van der Waals surface area contributed by atoms with Crippen LogP contribution in [0.5, 0.6) is 5.75 Å². The third-order valence-electron chi connectivity index (χ3n) is 4.03. The maximum Gasteiger partial charge on any atom is 0.185 e. The number of ether oxygens (including phenoxy) is 1. The van der Waals surface area contributed by atoms with E-state index in [0.29, 0.717) is 11.3 Å². The van der Waals surface area contributed by atoms with Crippen molar-refractivity contribution in [2.75, 3.05) is 11.8 Å². The van der Waals surface area contributed by atoms with Gasteiger partial charge in [-0.2, -0.15) is 0 Å². The van der Waals surface area contributed by atoms with Gasteiger partial charge in [0.2, 0.25) is 0 Å². The van der Waals surface area contributed by atoms with E-state index in [1.165, 1.54) is 36.4 Å². The van der Waals surface area contributed by atoms with Crippen LogP contribution >= 0.6 is 0 Å². The third-order valence-corrected chi connectivity index (χ3v) is 5.21. The van der Waals surface area contributed by atoms with Gasteiger partial charge in [-0.15, -0.1) is 0 Å². The number of halogens is 2. The van der Waals surface area contributed by atoms with Gasteiger partial charge in [-0.3, -0.25) is 4.79 Å². The molecule has 0 aliphatic rings. The number of carbonyl (C=O) groups is 1. The van der Waals surface area contributed by atoms with Gasteiger partial charge in [0.1, 0.15) is 22.3 Å². The Balaban J connectivity index is 1.67. The summed E-state index contributed by atoms with van der Waals surface area (Å²) in [5.74, 6) is -1.28. The lowest BCUT2D eigenvalue weighted by Crippen LogP contribution is -2.09. The molecule has 7 heteroatoms. The van der Waals surface area contributed by atoms with Crippen molar-refractivity contribution in [3.63, 3.8) is 0 Å². The highest BCUT2D eigenvalue weighted by atomic mass is 32.2. The summed E-state index contributed by atoms with van der Waals surface area (Å²) in [4.78, 5) is 11.7. The van der Waals surface area contributed by atoms with E-state index < -0.39 is 27.5 Å². The lowest BCUT2D eigenvalue weighted by atomic mass is 10.1. The Labute approximate surface area is 169 Å². The lowest BCUT2D eigenvalue weighted by molar-refractivity contribution is 0.104. The van der Waals surface area contributed by atoms with Gasteiger partial charge in [0.05, 0.1) is 7.11 Å². The fourth-order valence-corrected chi connectivity index (χ4v) is 3.45. The molecule has 0 aliphatic carbocycles. The zero-order chi connectivity index (χ0) is 20.8. The number of carbonyl (C=O) groups excluding carboxylic acids is 1. The van der Waals surface area contributed by atoms with Crippen LogP contribution in [0.2, 0.25) is 0 Å². The standard InChI is InChI=1S/C22H17F2NO3S/c1-28-18-12-5-15(6-13-18)7-14-21(26)16-8-10-17(11-9-16)25-29(27)22-19(23)3-2-4-20(22)24/h2-14,25H,1H3/b14-7+. The number of ketones is 1. The Morgan fingerprint density at radius 2 is 1.59 bits per heavy atom. The fraction of sp³-hybridized carbons (Fsp3) is 0.0455. The topological polar surface area (TPSA) is 55.4 Å². The molecule has 0 bridgehead atoms. The van der Waals surface area contributed by atoms with Crippen molar-refractivity contribution < 1.29 is 22.5 Å². The van der Waals surface area contributed by atoms with E-state index in [4.69, 9.17) is 4.74 Å². The molecule has 3 rings (SSSR count). The van der Waals surface area contributed by atoms with Crippen molar-refractivity contribution in [2.24, 2.45) is 0 Å². The first kappa shape index (κ1) is 20.4. The van der Waals surface area contributed by atoms with Gasteiger partial charge in [0.25, 0.3) is 0 Å². The first-order valence-electron chi connectivity index (χ1n) is 8.57.